The second kappa shape index (κ2) is 7.47. The molecule has 0 spiro atoms. The molecule has 0 aliphatic heterocycles. The summed E-state index contributed by atoms with van der Waals surface area (Å²) in [6.45, 7) is -0.157. The number of rotatable bonds is 5. The van der Waals surface area contributed by atoms with E-state index in [2.05, 4.69) is 25.7 Å². The zero-order valence-corrected chi connectivity index (χ0v) is 15.5. The van der Waals surface area contributed by atoms with Gasteiger partial charge in [-0.25, -0.2) is 0 Å². The van der Waals surface area contributed by atoms with Crippen molar-refractivity contribution >= 4 is 28.4 Å². The minimum Gasteiger partial charge on any atom is -0.357 e. The van der Waals surface area contributed by atoms with E-state index in [1.54, 1.807) is 37.6 Å². The number of nitrogens with zero attached hydrogens (tertiary/aromatic N) is 2. The van der Waals surface area contributed by atoms with Crippen LogP contribution in [-0.4, -0.2) is 38.1 Å². The minimum absolute atomic E-state index is 0.157. The molecule has 9 heteroatoms. The average molecular weight is 390 g/mol. The van der Waals surface area contributed by atoms with Gasteiger partial charge in [-0.3, -0.25) is 19.1 Å². The number of hydrogen-bond donors (Lipinski definition) is 4. The SMILES string of the molecule is Cn1nccc1C(=O)NCC(=O)Nc1ccc(-c2c[nH]c(=O)c3[nH]ccc23)cc1. The van der Waals surface area contributed by atoms with E-state index in [-0.39, 0.29) is 23.9 Å². The predicted molar refractivity (Wildman–Crippen MR) is 109 cm³/mol. The number of aryl methyl sites for hydroxylation is 1. The highest BCUT2D eigenvalue weighted by molar-refractivity contribution is 5.99. The molecule has 9 nitrogen and oxygen atoms in total. The lowest BCUT2D eigenvalue weighted by Gasteiger charge is -2.09. The molecular weight excluding hydrogens is 372 g/mol. The van der Waals surface area contributed by atoms with Crippen LogP contribution in [0.4, 0.5) is 5.69 Å². The summed E-state index contributed by atoms with van der Waals surface area (Å²) in [7, 11) is 1.65. The molecule has 4 N–H and O–H groups in total. The number of benzene rings is 1. The number of H-pyrrole nitrogens is 2. The lowest BCUT2D eigenvalue weighted by molar-refractivity contribution is -0.115. The first kappa shape index (κ1) is 18.2. The monoisotopic (exact) mass is 390 g/mol. The maximum absolute atomic E-state index is 12.1. The molecule has 2 amide bonds. The first-order chi connectivity index (χ1) is 14.0. The second-order valence-electron chi connectivity index (χ2n) is 6.45. The van der Waals surface area contributed by atoms with Gasteiger partial charge in [0.1, 0.15) is 11.2 Å². The van der Waals surface area contributed by atoms with Crippen LogP contribution < -0.4 is 16.2 Å². The number of nitrogens with one attached hydrogen (secondary N) is 4. The molecule has 0 radical (unpaired) electrons. The van der Waals surface area contributed by atoms with Crippen molar-refractivity contribution in [1.82, 2.24) is 25.1 Å². The molecule has 29 heavy (non-hydrogen) atoms. The summed E-state index contributed by atoms with van der Waals surface area (Å²) in [6, 6.07) is 10.7. The summed E-state index contributed by atoms with van der Waals surface area (Å²) in [5, 5.41) is 10.0. The Bertz CT molecular complexity index is 1250. The Kier molecular flexibility index (Phi) is 4.70. The molecule has 3 aromatic heterocycles. The highest BCUT2D eigenvalue weighted by Gasteiger charge is 2.12. The van der Waals surface area contributed by atoms with E-state index in [0.717, 1.165) is 16.5 Å². The Hall–Kier alpha value is -4.14. The summed E-state index contributed by atoms with van der Waals surface area (Å²) >= 11 is 0. The van der Waals surface area contributed by atoms with Gasteiger partial charge in [-0.05, 0) is 29.8 Å². The molecule has 0 saturated heterocycles. The molecule has 1 aromatic carbocycles. The lowest BCUT2D eigenvalue weighted by atomic mass is 10.0. The summed E-state index contributed by atoms with van der Waals surface area (Å²) < 4.78 is 1.43. The largest absolute Gasteiger partial charge is 0.357 e. The molecule has 0 aliphatic rings. The number of fused-ring (bicyclic) bond motifs is 1. The third kappa shape index (κ3) is 3.65. The van der Waals surface area contributed by atoms with E-state index >= 15 is 0 Å². The van der Waals surface area contributed by atoms with E-state index in [0.29, 0.717) is 16.9 Å². The van der Waals surface area contributed by atoms with Crippen molar-refractivity contribution in [2.24, 2.45) is 7.05 Å². The van der Waals surface area contributed by atoms with Gasteiger partial charge >= 0.3 is 0 Å². The third-order valence-corrected chi connectivity index (χ3v) is 4.55. The highest BCUT2D eigenvalue weighted by atomic mass is 16.2. The van der Waals surface area contributed by atoms with Gasteiger partial charge in [0, 0.05) is 42.3 Å². The smallest absolute Gasteiger partial charge is 0.272 e. The first-order valence-corrected chi connectivity index (χ1v) is 8.88. The van der Waals surface area contributed by atoms with E-state index in [4.69, 9.17) is 0 Å². The van der Waals surface area contributed by atoms with Gasteiger partial charge in [-0.15, -0.1) is 0 Å². The molecule has 4 aromatic rings. The zero-order chi connectivity index (χ0) is 20.4. The van der Waals surface area contributed by atoms with Crippen molar-refractivity contribution in [2.75, 3.05) is 11.9 Å². The molecule has 0 fully saturated rings. The van der Waals surface area contributed by atoms with Gasteiger partial charge in [0.2, 0.25) is 5.91 Å². The molecule has 4 rings (SSSR count). The van der Waals surface area contributed by atoms with Crippen LogP contribution in [0.15, 0.2) is 59.8 Å². The Morgan fingerprint density at radius 3 is 2.62 bits per heavy atom. The third-order valence-electron chi connectivity index (χ3n) is 4.55. The molecule has 0 aliphatic carbocycles. The molecule has 0 atom stereocenters. The second-order valence-corrected chi connectivity index (χ2v) is 6.45. The van der Waals surface area contributed by atoms with Gasteiger partial charge in [0.05, 0.1) is 6.54 Å². The van der Waals surface area contributed by atoms with Gasteiger partial charge in [-0.1, -0.05) is 12.1 Å². The van der Waals surface area contributed by atoms with Crippen LogP contribution in [0.3, 0.4) is 0 Å². The maximum Gasteiger partial charge on any atom is 0.272 e. The van der Waals surface area contributed by atoms with Gasteiger partial charge in [-0.2, -0.15) is 5.10 Å². The fourth-order valence-corrected chi connectivity index (χ4v) is 3.09. The molecule has 146 valence electrons. The van der Waals surface area contributed by atoms with E-state index in [1.807, 2.05) is 18.2 Å². The number of anilines is 1. The van der Waals surface area contributed by atoms with Crippen LogP contribution in [-0.2, 0) is 11.8 Å². The van der Waals surface area contributed by atoms with Gasteiger partial charge < -0.3 is 20.6 Å². The summed E-state index contributed by atoms with van der Waals surface area (Å²) in [5.41, 5.74) is 3.09. The highest BCUT2D eigenvalue weighted by Crippen LogP contribution is 2.26. The van der Waals surface area contributed by atoms with Crippen LogP contribution in [0.5, 0.6) is 0 Å². The normalized spacial score (nSPS) is 10.8. The zero-order valence-electron chi connectivity index (χ0n) is 15.5. The molecular formula is C20H18N6O3. The van der Waals surface area contributed by atoms with Crippen molar-refractivity contribution < 1.29 is 9.59 Å². The molecule has 0 bridgehead atoms. The maximum atomic E-state index is 12.1. The van der Waals surface area contributed by atoms with Crippen LogP contribution in [0.2, 0.25) is 0 Å². The van der Waals surface area contributed by atoms with Crippen LogP contribution in [0.25, 0.3) is 22.0 Å². The van der Waals surface area contributed by atoms with Gasteiger partial charge in [0.15, 0.2) is 0 Å². The Labute approximate surface area is 164 Å². The predicted octanol–water partition coefficient (Wildman–Crippen LogP) is 1.63. The number of aromatic nitrogens is 4. The fourth-order valence-electron chi connectivity index (χ4n) is 3.09. The Balaban J connectivity index is 1.41. The van der Waals surface area contributed by atoms with Crippen molar-refractivity contribution in [3.8, 4) is 11.1 Å². The standard InChI is InChI=1S/C20H18N6O3/c1-26-16(7-9-24-26)19(28)23-11-17(27)25-13-4-2-12(3-5-13)15-10-22-20(29)18-14(15)6-8-21-18/h2-10,21H,11H2,1H3,(H,22,29)(H,23,28)(H,25,27). The number of amides is 2. The summed E-state index contributed by atoms with van der Waals surface area (Å²) in [5.74, 6) is -0.713. The van der Waals surface area contributed by atoms with Crippen LogP contribution in [0.1, 0.15) is 10.5 Å². The van der Waals surface area contributed by atoms with Crippen LogP contribution in [0, 0.1) is 0 Å². The summed E-state index contributed by atoms with van der Waals surface area (Å²) in [4.78, 5) is 41.6. The van der Waals surface area contributed by atoms with Gasteiger partial charge in [0.25, 0.3) is 11.5 Å². The van der Waals surface area contributed by atoms with E-state index in [1.165, 1.54) is 10.9 Å². The molecule has 0 saturated carbocycles. The van der Waals surface area contributed by atoms with E-state index in [9.17, 15) is 14.4 Å². The summed E-state index contributed by atoms with van der Waals surface area (Å²) in [6.07, 6.45) is 4.90. The molecule has 3 heterocycles. The number of aromatic amines is 2. The first-order valence-electron chi connectivity index (χ1n) is 8.88. The number of carbonyl (C=O) groups excluding carboxylic acids is 2. The Morgan fingerprint density at radius 2 is 1.90 bits per heavy atom. The lowest BCUT2D eigenvalue weighted by Crippen LogP contribution is -2.33. The van der Waals surface area contributed by atoms with Crippen LogP contribution >= 0.6 is 0 Å². The molecule has 0 unspecified atom stereocenters. The van der Waals surface area contributed by atoms with Crippen molar-refractivity contribution in [3.63, 3.8) is 0 Å². The number of pyridine rings is 1. The van der Waals surface area contributed by atoms with Crippen molar-refractivity contribution in [3.05, 3.63) is 71.0 Å². The van der Waals surface area contributed by atoms with Crippen molar-refractivity contribution in [1.29, 1.82) is 0 Å². The quantitative estimate of drug-likeness (QED) is 0.413. The number of hydrogen-bond acceptors (Lipinski definition) is 4. The topological polar surface area (TPSA) is 125 Å². The fraction of sp³-hybridized carbons (Fsp3) is 0.100. The number of carbonyl (C=O) groups is 2. The Morgan fingerprint density at radius 1 is 1.10 bits per heavy atom. The minimum atomic E-state index is -0.371. The van der Waals surface area contributed by atoms with E-state index < -0.39 is 0 Å². The van der Waals surface area contributed by atoms with Crippen molar-refractivity contribution in [2.45, 2.75) is 0 Å². The average Bonchev–Trinajstić information content (AvgIpc) is 3.37.